The highest BCUT2D eigenvalue weighted by Gasteiger charge is 2.29. The fourth-order valence-corrected chi connectivity index (χ4v) is 1.84. The quantitative estimate of drug-likeness (QED) is 0.759. The fraction of sp³-hybridized carbons (Fsp3) is 0.667. The van der Waals surface area contributed by atoms with Crippen LogP contribution in [-0.4, -0.2) is 43.5 Å². The number of ether oxygens (including phenoxy) is 1. The third-order valence-corrected chi connectivity index (χ3v) is 2.88. The maximum Gasteiger partial charge on any atom is 0.151 e. The SMILES string of the molecule is CNCc1ccc(N(CCOC)C2CC2)nn1. The molecule has 1 aliphatic rings. The van der Waals surface area contributed by atoms with Crippen molar-refractivity contribution in [3.05, 3.63) is 17.8 Å². The first-order valence-electron chi connectivity index (χ1n) is 6.08. The van der Waals surface area contributed by atoms with E-state index in [2.05, 4.69) is 20.4 Å². The largest absolute Gasteiger partial charge is 0.383 e. The standard InChI is InChI=1S/C12H20N4O/c1-13-9-10-3-6-12(15-14-10)16(7-8-17-2)11-4-5-11/h3,6,11,13H,4-5,7-9H2,1-2H3. The van der Waals surface area contributed by atoms with Gasteiger partial charge in [-0.25, -0.2) is 0 Å². The van der Waals surface area contributed by atoms with Crippen LogP contribution in [0.5, 0.6) is 0 Å². The summed E-state index contributed by atoms with van der Waals surface area (Å²) >= 11 is 0. The molecule has 0 saturated heterocycles. The van der Waals surface area contributed by atoms with E-state index in [0.717, 1.165) is 31.2 Å². The van der Waals surface area contributed by atoms with Crippen molar-refractivity contribution in [1.29, 1.82) is 0 Å². The van der Waals surface area contributed by atoms with Gasteiger partial charge in [0.25, 0.3) is 0 Å². The lowest BCUT2D eigenvalue weighted by atomic mass is 10.3. The Morgan fingerprint density at radius 1 is 1.41 bits per heavy atom. The number of hydrogen-bond acceptors (Lipinski definition) is 5. The average Bonchev–Trinajstić information content (AvgIpc) is 3.16. The number of rotatable bonds is 7. The zero-order valence-electron chi connectivity index (χ0n) is 10.5. The van der Waals surface area contributed by atoms with Gasteiger partial charge in [-0.3, -0.25) is 0 Å². The molecule has 0 aromatic carbocycles. The Hall–Kier alpha value is -1.20. The van der Waals surface area contributed by atoms with Crippen LogP contribution < -0.4 is 10.2 Å². The fourth-order valence-electron chi connectivity index (χ4n) is 1.84. The second-order valence-electron chi connectivity index (χ2n) is 4.33. The van der Waals surface area contributed by atoms with Crippen LogP contribution in [-0.2, 0) is 11.3 Å². The summed E-state index contributed by atoms with van der Waals surface area (Å²) in [7, 11) is 3.64. The first kappa shape index (κ1) is 12.3. The highest BCUT2D eigenvalue weighted by Crippen LogP contribution is 2.29. The van der Waals surface area contributed by atoms with E-state index < -0.39 is 0 Å². The van der Waals surface area contributed by atoms with Crippen LogP contribution in [0.3, 0.4) is 0 Å². The van der Waals surface area contributed by atoms with E-state index in [4.69, 9.17) is 4.74 Å². The molecule has 5 heteroatoms. The first-order valence-corrected chi connectivity index (χ1v) is 6.08. The number of nitrogens with zero attached hydrogens (tertiary/aromatic N) is 3. The van der Waals surface area contributed by atoms with Crippen molar-refractivity contribution >= 4 is 5.82 Å². The molecule has 5 nitrogen and oxygen atoms in total. The minimum atomic E-state index is 0.634. The number of nitrogens with one attached hydrogen (secondary N) is 1. The average molecular weight is 236 g/mol. The van der Waals surface area contributed by atoms with Gasteiger partial charge in [-0.2, -0.15) is 5.10 Å². The van der Waals surface area contributed by atoms with Crippen LogP contribution in [0.25, 0.3) is 0 Å². The Kier molecular flexibility index (Phi) is 4.28. The van der Waals surface area contributed by atoms with E-state index in [-0.39, 0.29) is 0 Å². The molecule has 1 aliphatic carbocycles. The Morgan fingerprint density at radius 2 is 2.24 bits per heavy atom. The third kappa shape index (κ3) is 3.38. The molecule has 0 atom stereocenters. The maximum absolute atomic E-state index is 5.13. The lowest BCUT2D eigenvalue weighted by molar-refractivity contribution is 0.204. The number of hydrogen-bond donors (Lipinski definition) is 1. The smallest absolute Gasteiger partial charge is 0.151 e. The van der Waals surface area contributed by atoms with E-state index in [9.17, 15) is 0 Å². The van der Waals surface area contributed by atoms with Crippen LogP contribution in [0, 0.1) is 0 Å². The number of aromatic nitrogens is 2. The predicted molar refractivity (Wildman–Crippen MR) is 67.0 cm³/mol. The summed E-state index contributed by atoms with van der Waals surface area (Å²) in [5, 5.41) is 11.6. The van der Waals surface area contributed by atoms with Crippen LogP contribution >= 0.6 is 0 Å². The van der Waals surface area contributed by atoms with Crippen molar-refractivity contribution in [2.45, 2.75) is 25.4 Å². The zero-order chi connectivity index (χ0) is 12.1. The summed E-state index contributed by atoms with van der Waals surface area (Å²) in [6, 6.07) is 4.71. The molecule has 1 saturated carbocycles. The molecule has 0 amide bonds. The van der Waals surface area contributed by atoms with Crippen molar-refractivity contribution in [2.75, 3.05) is 32.2 Å². The molecule has 0 radical (unpaired) electrons. The summed E-state index contributed by atoms with van der Waals surface area (Å²) in [6.45, 7) is 2.38. The molecule has 1 N–H and O–H groups in total. The molecule has 0 spiro atoms. The third-order valence-electron chi connectivity index (χ3n) is 2.88. The minimum absolute atomic E-state index is 0.634. The predicted octanol–water partition coefficient (Wildman–Crippen LogP) is 0.811. The van der Waals surface area contributed by atoms with Gasteiger partial charge in [-0.05, 0) is 32.0 Å². The molecular formula is C12H20N4O. The van der Waals surface area contributed by atoms with E-state index in [0.29, 0.717) is 6.04 Å². The summed E-state index contributed by atoms with van der Waals surface area (Å²) in [5.41, 5.74) is 0.971. The van der Waals surface area contributed by atoms with Crippen molar-refractivity contribution in [3.63, 3.8) is 0 Å². The lowest BCUT2D eigenvalue weighted by Crippen LogP contribution is -2.30. The minimum Gasteiger partial charge on any atom is -0.383 e. The highest BCUT2D eigenvalue weighted by molar-refractivity contribution is 5.40. The molecule has 1 fully saturated rings. The van der Waals surface area contributed by atoms with Crippen LogP contribution in [0.1, 0.15) is 18.5 Å². The zero-order valence-corrected chi connectivity index (χ0v) is 10.5. The van der Waals surface area contributed by atoms with E-state index in [1.807, 2.05) is 19.2 Å². The van der Waals surface area contributed by atoms with Gasteiger partial charge in [-0.15, -0.1) is 5.10 Å². The molecule has 0 aliphatic heterocycles. The van der Waals surface area contributed by atoms with E-state index in [1.54, 1.807) is 7.11 Å². The van der Waals surface area contributed by atoms with Gasteiger partial charge in [0.2, 0.25) is 0 Å². The summed E-state index contributed by atoms with van der Waals surface area (Å²) < 4.78 is 5.13. The van der Waals surface area contributed by atoms with Crippen LogP contribution in [0.15, 0.2) is 12.1 Å². The van der Waals surface area contributed by atoms with Crippen molar-refractivity contribution < 1.29 is 4.74 Å². The van der Waals surface area contributed by atoms with Gasteiger partial charge in [-0.1, -0.05) is 0 Å². The second kappa shape index (κ2) is 5.93. The van der Waals surface area contributed by atoms with Gasteiger partial charge in [0.05, 0.1) is 12.3 Å². The first-order chi connectivity index (χ1) is 8.35. The van der Waals surface area contributed by atoms with Crippen LogP contribution in [0.2, 0.25) is 0 Å². The molecular weight excluding hydrogens is 216 g/mol. The van der Waals surface area contributed by atoms with Gasteiger partial charge >= 0.3 is 0 Å². The molecule has 1 aromatic heterocycles. The van der Waals surface area contributed by atoms with Gasteiger partial charge in [0.1, 0.15) is 0 Å². The summed E-state index contributed by atoms with van der Waals surface area (Å²) in [4.78, 5) is 2.29. The van der Waals surface area contributed by atoms with Crippen molar-refractivity contribution in [2.24, 2.45) is 0 Å². The van der Waals surface area contributed by atoms with E-state index >= 15 is 0 Å². The van der Waals surface area contributed by atoms with Gasteiger partial charge < -0.3 is 15.0 Å². The van der Waals surface area contributed by atoms with Gasteiger partial charge in [0.15, 0.2) is 5.82 Å². The van der Waals surface area contributed by atoms with Gasteiger partial charge in [0, 0.05) is 26.2 Å². The molecule has 0 unspecified atom stereocenters. The van der Waals surface area contributed by atoms with Crippen molar-refractivity contribution in [3.8, 4) is 0 Å². The Morgan fingerprint density at radius 3 is 2.76 bits per heavy atom. The highest BCUT2D eigenvalue weighted by atomic mass is 16.5. The molecule has 2 rings (SSSR count). The topological polar surface area (TPSA) is 50.3 Å². The Labute approximate surface area is 102 Å². The monoisotopic (exact) mass is 236 g/mol. The molecule has 1 aromatic rings. The second-order valence-corrected chi connectivity index (χ2v) is 4.33. The number of methoxy groups -OCH3 is 1. The maximum atomic E-state index is 5.13. The molecule has 1 heterocycles. The molecule has 17 heavy (non-hydrogen) atoms. The van der Waals surface area contributed by atoms with Crippen LogP contribution in [0.4, 0.5) is 5.82 Å². The Bertz CT molecular complexity index is 337. The van der Waals surface area contributed by atoms with E-state index in [1.165, 1.54) is 12.8 Å². The summed E-state index contributed by atoms with van der Waals surface area (Å²) in [6.07, 6.45) is 2.51. The summed E-state index contributed by atoms with van der Waals surface area (Å²) in [5.74, 6) is 0.962. The molecule has 0 bridgehead atoms. The van der Waals surface area contributed by atoms with Crippen molar-refractivity contribution in [1.82, 2.24) is 15.5 Å². The normalized spacial score (nSPS) is 14.9. The lowest BCUT2D eigenvalue weighted by Gasteiger charge is -2.22. The Balaban J connectivity index is 2.01. The molecule has 94 valence electrons. The number of anilines is 1.